The van der Waals surface area contributed by atoms with Crippen LogP contribution in [0, 0.1) is 5.92 Å². The molecule has 1 fully saturated rings. The second kappa shape index (κ2) is 7.72. The molecule has 0 spiro atoms. The second-order valence-electron chi connectivity index (χ2n) is 6.50. The van der Waals surface area contributed by atoms with Crippen molar-refractivity contribution in [2.75, 3.05) is 13.8 Å². The Labute approximate surface area is 164 Å². The summed E-state index contributed by atoms with van der Waals surface area (Å²) < 4.78 is 9.62. The molecule has 1 aromatic heterocycles. The molecule has 0 bridgehead atoms. The van der Waals surface area contributed by atoms with Crippen LogP contribution in [0.1, 0.15) is 34.8 Å². The van der Waals surface area contributed by atoms with E-state index in [0.717, 1.165) is 0 Å². The lowest BCUT2D eigenvalue weighted by Gasteiger charge is -2.44. The number of carbonyl (C=O) groups is 4. The number of hydrogen-bond acceptors (Lipinski definition) is 8. The van der Waals surface area contributed by atoms with Gasteiger partial charge in [0, 0.05) is 24.4 Å². The number of β-lactam (4-membered cyclic amide) rings is 1. The van der Waals surface area contributed by atoms with E-state index in [2.05, 4.69) is 10.1 Å². The average Bonchev–Trinajstić information content (AvgIpc) is 3.23. The molecule has 0 unspecified atom stereocenters. The molecule has 1 saturated heterocycles. The third-order valence-electron chi connectivity index (χ3n) is 4.73. The number of hydrogen-bond donors (Lipinski definition) is 2. The van der Waals surface area contributed by atoms with Gasteiger partial charge in [0.05, 0.1) is 22.9 Å². The van der Waals surface area contributed by atoms with Gasteiger partial charge >= 0.3 is 11.9 Å². The number of aliphatic hydroxyl groups excluding tert-OH is 1. The highest BCUT2D eigenvalue weighted by molar-refractivity contribution is 7.15. The van der Waals surface area contributed by atoms with Crippen LogP contribution in [0.2, 0.25) is 0 Å². The van der Waals surface area contributed by atoms with Crippen molar-refractivity contribution in [2.24, 2.45) is 5.92 Å². The van der Waals surface area contributed by atoms with Crippen LogP contribution >= 0.6 is 11.3 Å². The van der Waals surface area contributed by atoms with Gasteiger partial charge in [-0.3, -0.25) is 14.4 Å². The van der Waals surface area contributed by atoms with Crippen molar-refractivity contribution < 1.29 is 33.8 Å². The molecule has 10 heteroatoms. The monoisotopic (exact) mass is 408 g/mol. The van der Waals surface area contributed by atoms with Crippen LogP contribution in [-0.4, -0.2) is 59.7 Å². The number of amides is 2. The van der Waals surface area contributed by atoms with Gasteiger partial charge in [0.15, 0.2) is 0 Å². The Morgan fingerprint density at radius 2 is 2.07 bits per heavy atom. The standard InChI is InChI=1S/C18H20N2O7S/c1-8(21)14-11-6-10(12-4-5-13(28-12)16(23)19-3)15(20(11)17(14)24)18(25)27-7-26-9(2)22/h4-5,8,11,14,21H,6-7H2,1-3H3,(H,19,23)/t8-,11-,14-/m1/s1. The molecule has 2 aliphatic rings. The summed E-state index contributed by atoms with van der Waals surface area (Å²) in [5, 5.41) is 12.4. The molecule has 0 aromatic carbocycles. The number of ether oxygens (including phenoxy) is 2. The normalized spacial score (nSPS) is 21.7. The van der Waals surface area contributed by atoms with E-state index in [4.69, 9.17) is 4.74 Å². The van der Waals surface area contributed by atoms with Gasteiger partial charge in [-0.1, -0.05) is 0 Å². The number of carbonyl (C=O) groups excluding carboxylic acids is 4. The zero-order chi connectivity index (χ0) is 20.6. The highest BCUT2D eigenvalue weighted by atomic mass is 32.1. The minimum atomic E-state index is -0.851. The Balaban J connectivity index is 1.92. The van der Waals surface area contributed by atoms with Crippen LogP contribution in [0.15, 0.2) is 17.8 Å². The van der Waals surface area contributed by atoms with Gasteiger partial charge in [0.25, 0.3) is 5.91 Å². The molecular formula is C18H20N2O7S. The fourth-order valence-electron chi connectivity index (χ4n) is 3.46. The van der Waals surface area contributed by atoms with Crippen LogP contribution in [0.5, 0.6) is 0 Å². The number of fused-ring (bicyclic) bond motifs is 1. The number of nitrogens with zero attached hydrogens (tertiary/aromatic N) is 1. The molecule has 0 aliphatic carbocycles. The van der Waals surface area contributed by atoms with Crippen molar-refractivity contribution in [3.63, 3.8) is 0 Å². The van der Waals surface area contributed by atoms with Crippen LogP contribution < -0.4 is 5.32 Å². The zero-order valence-corrected chi connectivity index (χ0v) is 16.4. The van der Waals surface area contributed by atoms with Gasteiger partial charge in [-0.2, -0.15) is 0 Å². The first-order valence-corrected chi connectivity index (χ1v) is 9.45. The molecule has 150 valence electrons. The Kier molecular flexibility index (Phi) is 5.52. The molecular weight excluding hydrogens is 388 g/mol. The molecule has 28 heavy (non-hydrogen) atoms. The van der Waals surface area contributed by atoms with E-state index in [1.54, 1.807) is 12.1 Å². The highest BCUT2D eigenvalue weighted by Crippen LogP contribution is 2.48. The van der Waals surface area contributed by atoms with Gasteiger partial charge in [0.2, 0.25) is 12.7 Å². The van der Waals surface area contributed by atoms with E-state index in [-0.39, 0.29) is 23.6 Å². The first-order chi connectivity index (χ1) is 13.3. The van der Waals surface area contributed by atoms with Gasteiger partial charge < -0.3 is 24.8 Å². The van der Waals surface area contributed by atoms with Crippen LogP contribution in [0.3, 0.4) is 0 Å². The third-order valence-corrected chi connectivity index (χ3v) is 5.87. The summed E-state index contributed by atoms with van der Waals surface area (Å²) in [6.45, 7) is 2.15. The quantitative estimate of drug-likeness (QED) is 0.399. The van der Waals surface area contributed by atoms with Crippen molar-refractivity contribution in [1.82, 2.24) is 10.2 Å². The summed E-state index contributed by atoms with van der Waals surface area (Å²) in [6.07, 6.45) is -0.497. The molecule has 9 nitrogen and oxygen atoms in total. The molecule has 2 N–H and O–H groups in total. The second-order valence-corrected chi connectivity index (χ2v) is 7.59. The summed E-state index contributed by atoms with van der Waals surface area (Å²) in [5.41, 5.74) is 0.624. The number of nitrogens with one attached hydrogen (secondary N) is 1. The minimum Gasteiger partial charge on any atom is -0.428 e. The zero-order valence-electron chi connectivity index (χ0n) is 15.6. The lowest BCUT2D eigenvalue weighted by molar-refractivity contribution is -0.170. The number of aliphatic hydroxyl groups is 1. The van der Waals surface area contributed by atoms with Crippen molar-refractivity contribution >= 4 is 40.7 Å². The largest absolute Gasteiger partial charge is 0.428 e. The fraction of sp³-hybridized carbons (Fsp3) is 0.444. The van der Waals surface area contributed by atoms with Gasteiger partial charge in [-0.05, 0) is 25.5 Å². The maximum atomic E-state index is 12.6. The molecule has 3 heterocycles. The summed E-state index contributed by atoms with van der Waals surface area (Å²) in [7, 11) is 1.52. The molecule has 0 saturated carbocycles. The van der Waals surface area contributed by atoms with E-state index >= 15 is 0 Å². The van der Waals surface area contributed by atoms with E-state index in [1.165, 1.54) is 37.1 Å². The maximum absolute atomic E-state index is 12.6. The van der Waals surface area contributed by atoms with Crippen molar-refractivity contribution in [3.05, 3.63) is 27.6 Å². The van der Waals surface area contributed by atoms with Crippen molar-refractivity contribution in [1.29, 1.82) is 0 Å². The Morgan fingerprint density at radius 3 is 2.68 bits per heavy atom. The van der Waals surface area contributed by atoms with E-state index in [9.17, 15) is 24.3 Å². The molecule has 1 aromatic rings. The summed E-state index contributed by atoms with van der Waals surface area (Å²) in [5.74, 6) is -2.63. The summed E-state index contributed by atoms with van der Waals surface area (Å²) in [4.78, 5) is 50.3. The van der Waals surface area contributed by atoms with Crippen molar-refractivity contribution in [3.8, 4) is 0 Å². The predicted octanol–water partition coefficient (Wildman–Crippen LogP) is 0.494. The number of esters is 2. The van der Waals surface area contributed by atoms with Crippen LogP contribution in [0.4, 0.5) is 0 Å². The predicted molar refractivity (Wildman–Crippen MR) is 97.8 cm³/mol. The average molecular weight is 408 g/mol. The van der Waals surface area contributed by atoms with E-state index < -0.39 is 30.8 Å². The number of thiophene rings is 1. The Hall–Kier alpha value is -2.72. The molecule has 3 atom stereocenters. The van der Waals surface area contributed by atoms with E-state index in [0.29, 0.717) is 21.7 Å². The highest BCUT2D eigenvalue weighted by Gasteiger charge is 2.57. The lowest BCUT2D eigenvalue weighted by Crippen LogP contribution is -2.61. The van der Waals surface area contributed by atoms with Gasteiger partial charge in [-0.25, -0.2) is 4.79 Å². The molecule has 2 amide bonds. The smallest absolute Gasteiger partial charge is 0.358 e. The third kappa shape index (κ3) is 3.40. The molecule has 3 rings (SSSR count). The number of rotatable bonds is 6. The van der Waals surface area contributed by atoms with Crippen LogP contribution in [-0.2, 0) is 23.9 Å². The molecule has 0 radical (unpaired) electrons. The van der Waals surface area contributed by atoms with E-state index in [1.807, 2.05) is 0 Å². The Bertz CT molecular complexity index is 873. The van der Waals surface area contributed by atoms with Crippen LogP contribution in [0.25, 0.3) is 5.57 Å². The topological polar surface area (TPSA) is 122 Å². The maximum Gasteiger partial charge on any atom is 0.358 e. The Morgan fingerprint density at radius 1 is 1.36 bits per heavy atom. The summed E-state index contributed by atoms with van der Waals surface area (Å²) in [6, 6.07) is 2.98. The molecule has 2 aliphatic heterocycles. The SMILES string of the molecule is CNC(=O)c1ccc(C2=C(C(=O)OCOC(C)=O)N3C(=O)[C@H]([C@@H](C)O)[C@H]3C2)s1. The first-order valence-electron chi connectivity index (χ1n) is 8.63. The van der Waals surface area contributed by atoms with Gasteiger partial charge in [0.1, 0.15) is 5.70 Å². The van der Waals surface area contributed by atoms with Crippen molar-refractivity contribution in [2.45, 2.75) is 32.4 Å². The van der Waals surface area contributed by atoms with Gasteiger partial charge in [-0.15, -0.1) is 11.3 Å². The summed E-state index contributed by atoms with van der Waals surface area (Å²) >= 11 is 1.19. The minimum absolute atomic E-state index is 0.0596. The lowest BCUT2D eigenvalue weighted by atomic mass is 9.83. The fourth-order valence-corrected chi connectivity index (χ4v) is 4.47. The first kappa shape index (κ1) is 20.0.